The van der Waals surface area contributed by atoms with Crippen molar-refractivity contribution in [2.24, 2.45) is 5.73 Å². The number of likely N-dealkylation sites (tertiary alicyclic amines) is 1. The second-order valence-corrected chi connectivity index (χ2v) is 6.39. The van der Waals surface area contributed by atoms with Crippen LogP contribution in [0.3, 0.4) is 0 Å². The van der Waals surface area contributed by atoms with Crippen LogP contribution in [-0.2, 0) is 22.4 Å². The van der Waals surface area contributed by atoms with Crippen LogP contribution in [0, 0.1) is 0 Å². The number of nitrogens with zero attached hydrogens (tertiary/aromatic N) is 1. The van der Waals surface area contributed by atoms with Crippen molar-refractivity contribution >= 4 is 0 Å². The highest BCUT2D eigenvalue weighted by atomic mass is 16.5. The largest absolute Gasteiger partial charge is 0.381 e. The molecule has 0 aliphatic carbocycles. The second kappa shape index (κ2) is 10.8. The summed E-state index contributed by atoms with van der Waals surface area (Å²) in [6, 6.07) is 8.53. The SMILES string of the molecule is COC1CCCN(CCCOCCCc2cccc(CN)c2)C1. The Balaban J connectivity index is 1.49. The Morgan fingerprint density at radius 1 is 1.22 bits per heavy atom. The van der Waals surface area contributed by atoms with Crippen LogP contribution < -0.4 is 5.73 Å². The molecule has 2 N–H and O–H groups in total. The lowest BCUT2D eigenvalue weighted by molar-refractivity contribution is 0.0270. The van der Waals surface area contributed by atoms with Crippen molar-refractivity contribution < 1.29 is 9.47 Å². The molecule has 0 amide bonds. The number of piperidine rings is 1. The molecule has 1 aromatic carbocycles. The normalized spacial score (nSPS) is 19.1. The van der Waals surface area contributed by atoms with E-state index in [9.17, 15) is 0 Å². The lowest BCUT2D eigenvalue weighted by Gasteiger charge is -2.31. The van der Waals surface area contributed by atoms with Gasteiger partial charge in [-0.2, -0.15) is 0 Å². The molecular formula is C19H32N2O2. The van der Waals surface area contributed by atoms with E-state index in [1.165, 1.54) is 30.5 Å². The van der Waals surface area contributed by atoms with E-state index in [2.05, 4.69) is 29.2 Å². The zero-order valence-corrected chi connectivity index (χ0v) is 14.5. The van der Waals surface area contributed by atoms with E-state index in [4.69, 9.17) is 15.2 Å². The Kier molecular flexibility index (Phi) is 8.61. The van der Waals surface area contributed by atoms with Gasteiger partial charge in [-0.25, -0.2) is 0 Å². The van der Waals surface area contributed by atoms with Crippen molar-refractivity contribution in [3.8, 4) is 0 Å². The molecule has 0 aromatic heterocycles. The zero-order valence-electron chi connectivity index (χ0n) is 14.5. The lowest BCUT2D eigenvalue weighted by atomic mass is 10.1. The summed E-state index contributed by atoms with van der Waals surface area (Å²) in [5, 5.41) is 0. The fourth-order valence-electron chi connectivity index (χ4n) is 3.19. The van der Waals surface area contributed by atoms with E-state index >= 15 is 0 Å². The molecule has 1 saturated heterocycles. The van der Waals surface area contributed by atoms with Crippen molar-refractivity contribution in [3.63, 3.8) is 0 Å². The molecule has 1 heterocycles. The van der Waals surface area contributed by atoms with E-state index in [0.29, 0.717) is 12.6 Å². The van der Waals surface area contributed by atoms with Crippen LogP contribution in [-0.4, -0.2) is 51.0 Å². The Hall–Kier alpha value is -0.940. The maximum absolute atomic E-state index is 5.77. The van der Waals surface area contributed by atoms with Crippen molar-refractivity contribution in [3.05, 3.63) is 35.4 Å². The van der Waals surface area contributed by atoms with Gasteiger partial charge in [-0.3, -0.25) is 0 Å². The van der Waals surface area contributed by atoms with Gasteiger partial charge in [0.1, 0.15) is 0 Å². The number of methoxy groups -OCH3 is 1. The number of rotatable bonds is 10. The molecule has 0 saturated carbocycles. The molecule has 0 spiro atoms. The minimum absolute atomic E-state index is 0.425. The zero-order chi connectivity index (χ0) is 16.3. The first-order chi connectivity index (χ1) is 11.3. The summed E-state index contributed by atoms with van der Waals surface area (Å²) < 4.78 is 11.2. The van der Waals surface area contributed by atoms with Gasteiger partial charge in [0.25, 0.3) is 0 Å². The van der Waals surface area contributed by atoms with Crippen molar-refractivity contribution in [1.82, 2.24) is 4.90 Å². The van der Waals surface area contributed by atoms with Crippen LogP contribution in [0.2, 0.25) is 0 Å². The Labute approximate surface area is 140 Å². The third-order valence-electron chi connectivity index (χ3n) is 4.54. The average Bonchev–Trinajstić information content (AvgIpc) is 2.61. The van der Waals surface area contributed by atoms with Gasteiger partial charge in [-0.15, -0.1) is 0 Å². The highest BCUT2D eigenvalue weighted by Crippen LogP contribution is 2.12. The van der Waals surface area contributed by atoms with Gasteiger partial charge in [0, 0.05) is 40.0 Å². The van der Waals surface area contributed by atoms with Crippen LogP contribution >= 0.6 is 0 Å². The lowest BCUT2D eigenvalue weighted by Crippen LogP contribution is -2.39. The monoisotopic (exact) mass is 320 g/mol. The second-order valence-electron chi connectivity index (χ2n) is 6.39. The molecule has 130 valence electrons. The molecule has 4 heteroatoms. The molecular weight excluding hydrogens is 288 g/mol. The summed E-state index contributed by atoms with van der Waals surface area (Å²) in [4.78, 5) is 2.50. The maximum Gasteiger partial charge on any atom is 0.0698 e. The summed E-state index contributed by atoms with van der Waals surface area (Å²) in [6.45, 7) is 5.72. The van der Waals surface area contributed by atoms with E-state index in [1.807, 2.05) is 7.11 Å². The van der Waals surface area contributed by atoms with Crippen LogP contribution in [0.15, 0.2) is 24.3 Å². The molecule has 0 bridgehead atoms. The molecule has 1 aliphatic heterocycles. The first-order valence-electron chi connectivity index (χ1n) is 8.92. The Morgan fingerprint density at radius 3 is 2.87 bits per heavy atom. The summed E-state index contributed by atoms with van der Waals surface area (Å²) in [6.07, 6.45) is 6.13. The number of nitrogens with two attached hydrogens (primary N) is 1. The third kappa shape index (κ3) is 7.00. The first-order valence-corrected chi connectivity index (χ1v) is 8.92. The fourth-order valence-corrected chi connectivity index (χ4v) is 3.19. The molecule has 0 radical (unpaired) electrons. The molecule has 23 heavy (non-hydrogen) atoms. The van der Waals surface area contributed by atoms with Gasteiger partial charge < -0.3 is 20.1 Å². The van der Waals surface area contributed by atoms with Crippen molar-refractivity contribution in [2.45, 2.75) is 44.8 Å². The number of ether oxygens (including phenoxy) is 2. The third-order valence-corrected chi connectivity index (χ3v) is 4.54. The van der Waals surface area contributed by atoms with Crippen molar-refractivity contribution in [2.75, 3.05) is 40.0 Å². The molecule has 4 nitrogen and oxygen atoms in total. The van der Waals surface area contributed by atoms with E-state index < -0.39 is 0 Å². The van der Waals surface area contributed by atoms with Gasteiger partial charge in [-0.1, -0.05) is 24.3 Å². The van der Waals surface area contributed by atoms with E-state index in [-0.39, 0.29) is 0 Å². The molecule has 1 unspecified atom stereocenters. The highest BCUT2D eigenvalue weighted by Gasteiger charge is 2.18. The predicted molar refractivity (Wildman–Crippen MR) is 94.6 cm³/mol. The van der Waals surface area contributed by atoms with Gasteiger partial charge in [-0.05, 0) is 49.8 Å². The van der Waals surface area contributed by atoms with Crippen LogP contribution in [0.1, 0.15) is 36.8 Å². The maximum atomic E-state index is 5.77. The van der Waals surface area contributed by atoms with Gasteiger partial charge >= 0.3 is 0 Å². The Morgan fingerprint density at radius 2 is 2.04 bits per heavy atom. The van der Waals surface area contributed by atoms with Crippen LogP contribution in [0.25, 0.3) is 0 Å². The fraction of sp³-hybridized carbons (Fsp3) is 0.684. The molecule has 1 aliphatic rings. The predicted octanol–water partition coefficient (Wildman–Crippen LogP) is 2.60. The average molecular weight is 320 g/mol. The van der Waals surface area contributed by atoms with Gasteiger partial charge in [0.2, 0.25) is 0 Å². The van der Waals surface area contributed by atoms with E-state index in [1.54, 1.807) is 0 Å². The number of aryl methyl sites for hydroxylation is 1. The molecule has 1 aromatic rings. The van der Waals surface area contributed by atoms with Gasteiger partial charge in [0.15, 0.2) is 0 Å². The van der Waals surface area contributed by atoms with Crippen molar-refractivity contribution in [1.29, 1.82) is 0 Å². The topological polar surface area (TPSA) is 47.7 Å². The molecule has 1 atom stereocenters. The van der Waals surface area contributed by atoms with E-state index in [0.717, 1.165) is 45.6 Å². The summed E-state index contributed by atoms with van der Waals surface area (Å²) >= 11 is 0. The van der Waals surface area contributed by atoms with Crippen LogP contribution in [0.5, 0.6) is 0 Å². The standard InChI is InChI=1S/C19H32N2O2/c1-22-19-9-3-10-21(16-19)11-5-13-23-12-4-8-17-6-2-7-18(14-17)15-20/h2,6-7,14,19H,3-5,8-13,15-16,20H2,1H3. The molecule has 2 rings (SSSR count). The number of benzene rings is 1. The summed E-state index contributed by atoms with van der Waals surface area (Å²) in [5.74, 6) is 0. The quantitative estimate of drug-likeness (QED) is 0.673. The number of hydrogen-bond acceptors (Lipinski definition) is 4. The van der Waals surface area contributed by atoms with Gasteiger partial charge in [0.05, 0.1) is 6.10 Å². The summed E-state index contributed by atoms with van der Waals surface area (Å²) in [7, 11) is 1.82. The smallest absolute Gasteiger partial charge is 0.0698 e. The first kappa shape index (κ1) is 18.4. The minimum Gasteiger partial charge on any atom is -0.381 e. The molecule has 1 fully saturated rings. The summed E-state index contributed by atoms with van der Waals surface area (Å²) in [5.41, 5.74) is 8.24. The minimum atomic E-state index is 0.425. The highest BCUT2D eigenvalue weighted by molar-refractivity contribution is 5.23. The number of hydrogen-bond donors (Lipinski definition) is 1. The Bertz CT molecular complexity index is 439. The van der Waals surface area contributed by atoms with Crippen LogP contribution in [0.4, 0.5) is 0 Å².